The molecule has 1 saturated heterocycles. The molecular weight excluding hydrogens is 400 g/mol. The highest BCUT2D eigenvalue weighted by Crippen LogP contribution is 2.49. The molecule has 7 heteroatoms. The Balaban J connectivity index is 1.73. The summed E-state index contributed by atoms with van der Waals surface area (Å²) in [6, 6.07) is 6.05. The third kappa shape index (κ3) is 3.37. The number of halogens is 1. The third-order valence-electron chi connectivity index (χ3n) is 5.51. The van der Waals surface area contributed by atoms with Crippen molar-refractivity contribution in [3.63, 3.8) is 0 Å². The van der Waals surface area contributed by atoms with E-state index in [1.54, 1.807) is 6.92 Å². The number of methoxy groups -OCH3 is 1. The summed E-state index contributed by atoms with van der Waals surface area (Å²) >= 11 is 3.58. The zero-order valence-electron chi connectivity index (χ0n) is 15.1. The smallest absolute Gasteiger partial charge is 0.306 e. The molecule has 2 aliphatic heterocycles. The lowest BCUT2D eigenvalue weighted by Crippen LogP contribution is -2.47. The van der Waals surface area contributed by atoms with Crippen LogP contribution < -0.4 is 4.90 Å². The van der Waals surface area contributed by atoms with Crippen LogP contribution >= 0.6 is 15.9 Å². The van der Waals surface area contributed by atoms with Gasteiger partial charge in [-0.3, -0.25) is 14.4 Å². The van der Waals surface area contributed by atoms with Crippen LogP contribution in [-0.2, 0) is 24.5 Å². The molecule has 1 aromatic carbocycles. The number of carbonyl (C=O) groups excluding carboxylic acids is 3. The molecule has 3 rings (SSSR count). The molecule has 2 heterocycles. The Morgan fingerprint density at radius 1 is 1.19 bits per heavy atom. The number of fused-ring (bicyclic) bond motifs is 2. The average Bonchev–Trinajstić information content (AvgIpc) is 2.96. The summed E-state index contributed by atoms with van der Waals surface area (Å²) in [5.74, 6) is -0.341. The van der Waals surface area contributed by atoms with E-state index in [9.17, 15) is 14.4 Å². The van der Waals surface area contributed by atoms with Crippen molar-refractivity contribution in [1.29, 1.82) is 0 Å². The number of piperidine rings is 1. The second kappa shape index (κ2) is 7.39. The SMILES string of the molecule is COC(=O)CCC(=O)N1CCC2(CC1)CN(C(C)=O)c1c(Br)cccc12. The number of likely N-dealkylation sites (tertiary alicyclic amines) is 1. The highest BCUT2D eigenvalue weighted by atomic mass is 79.9. The first-order valence-electron chi connectivity index (χ1n) is 8.80. The Bertz CT molecular complexity index is 741. The Morgan fingerprint density at radius 2 is 1.88 bits per heavy atom. The van der Waals surface area contributed by atoms with Crippen LogP contribution in [0.15, 0.2) is 22.7 Å². The van der Waals surface area contributed by atoms with Gasteiger partial charge in [0.2, 0.25) is 11.8 Å². The monoisotopic (exact) mass is 422 g/mol. The zero-order chi connectivity index (χ0) is 18.9. The van der Waals surface area contributed by atoms with Crippen molar-refractivity contribution in [3.05, 3.63) is 28.2 Å². The Hall–Kier alpha value is -1.89. The van der Waals surface area contributed by atoms with E-state index in [1.807, 2.05) is 21.9 Å². The van der Waals surface area contributed by atoms with Crippen molar-refractivity contribution in [2.24, 2.45) is 0 Å². The molecule has 1 fully saturated rings. The van der Waals surface area contributed by atoms with Crippen molar-refractivity contribution >= 4 is 39.4 Å². The maximum absolute atomic E-state index is 12.3. The second-order valence-electron chi connectivity index (χ2n) is 6.98. The van der Waals surface area contributed by atoms with Crippen LogP contribution in [0.5, 0.6) is 0 Å². The van der Waals surface area contributed by atoms with E-state index in [0.29, 0.717) is 19.6 Å². The molecule has 0 radical (unpaired) electrons. The van der Waals surface area contributed by atoms with Crippen molar-refractivity contribution < 1.29 is 19.1 Å². The Morgan fingerprint density at radius 3 is 2.50 bits per heavy atom. The number of benzene rings is 1. The molecule has 1 aromatic rings. The van der Waals surface area contributed by atoms with Crippen molar-refractivity contribution in [2.45, 2.75) is 38.0 Å². The van der Waals surface area contributed by atoms with Crippen LogP contribution in [0.1, 0.15) is 38.2 Å². The summed E-state index contributed by atoms with van der Waals surface area (Å²) in [5.41, 5.74) is 2.04. The minimum Gasteiger partial charge on any atom is -0.469 e. The summed E-state index contributed by atoms with van der Waals surface area (Å²) in [6.07, 6.45) is 1.92. The molecule has 0 N–H and O–H groups in total. The van der Waals surface area contributed by atoms with Crippen molar-refractivity contribution in [2.75, 3.05) is 31.6 Å². The van der Waals surface area contributed by atoms with Crippen LogP contribution in [0.3, 0.4) is 0 Å². The van der Waals surface area contributed by atoms with Gasteiger partial charge in [-0.05, 0) is 40.4 Å². The largest absolute Gasteiger partial charge is 0.469 e. The van der Waals surface area contributed by atoms with Crippen LogP contribution in [0, 0.1) is 0 Å². The fourth-order valence-electron chi connectivity index (χ4n) is 4.03. The lowest BCUT2D eigenvalue weighted by Gasteiger charge is -2.40. The van der Waals surface area contributed by atoms with E-state index in [0.717, 1.165) is 23.0 Å². The molecule has 140 valence electrons. The molecule has 0 bridgehead atoms. The van der Waals surface area contributed by atoms with Crippen LogP contribution in [0.4, 0.5) is 5.69 Å². The molecule has 0 saturated carbocycles. The molecule has 0 atom stereocenters. The Kier molecular flexibility index (Phi) is 5.37. The van der Waals surface area contributed by atoms with Crippen molar-refractivity contribution in [1.82, 2.24) is 4.90 Å². The molecular formula is C19H23BrN2O4. The van der Waals surface area contributed by atoms with Crippen molar-refractivity contribution in [3.8, 4) is 0 Å². The van der Waals surface area contributed by atoms with Gasteiger partial charge in [-0.2, -0.15) is 0 Å². The number of carbonyl (C=O) groups is 3. The van der Waals surface area contributed by atoms with Gasteiger partial charge in [0.05, 0.1) is 19.2 Å². The fourth-order valence-corrected chi connectivity index (χ4v) is 4.61. The number of hydrogen-bond acceptors (Lipinski definition) is 4. The first kappa shape index (κ1) is 18.9. The zero-order valence-corrected chi connectivity index (χ0v) is 16.7. The summed E-state index contributed by atoms with van der Waals surface area (Å²) in [7, 11) is 1.33. The van der Waals surface area contributed by atoms with Crippen LogP contribution in [0.25, 0.3) is 0 Å². The molecule has 0 unspecified atom stereocenters. The lowest BCUT2D eigenvalue weighted by atomic mass is 9.74. The van der Waals surface area contributed by atoms with Crippen LogP contribution in [-0.4, -0.2) is 49.4 Å². The van der Waals surface area contributed by atoms with Gasteiger partial charge in [0.15, 0.2) is 0 Å². The minimum atomic E-state index is -0.362. The molecule has 1 spiro atoms. The number of nitrogens with zero attached hydrogens (tertiary/aromatic N) is 2. The van der Waals surface area contributed by atoms with E-state index in [-0.39, 0.29) is 36.0 Å². The topological polar surface area (TPSA) is 66.9 Å². The lowest BCUT2D eigenvalue weighted by molar-refractivity contribution is -0.144. The maximum atomic E-state index is 12.3. The van der Waals surface area contributed by atoms with E-state index >= 15 is 0 Å². The highest BCUT2D eigenvalue weighted by Gasteiger charge is 2.46. The number of rotatable bonds is 3. The quantitative estimate of drug-likeness (QED) is 0.702. The molecule has 0 aliphatic carbocycles. The minimum absolute atomic E-state index is 0.0128. The van der Waals surface area contributed by atoms with Gasteiger partial charge >= 0.3 is 5.97 Å². The predicted octanol–water partition coefficient (Wildman–Crippen LogP) is 2.63. The maximum Gasteiger partial charge on any atom is 0.306 e. The number of amides is 2. The molecule has 2 amide bonds. The summed E-state index contributed by atoms with van der Waals surface area (Å²) in [5, 5.41) is 0. The van der Waals surface area contributed by atoms with E-state index < -0.39 is 0 Å². The van der Waals surface area contributed by atoms with E-state index in [1.165, 1.54) is 12.7 Å². The summed E-state index contributed by atoms with van der Waals surface area (Å²) < 4.78 is 5.53. The average molecular weight is 423 g/mol. The second-order valence-corrected chi connectivity index (χ2v) is 7.83. The molecule has 26 heavy (non-hydrogen) atoms. The highest BCUT2D eigenvalue weighted by molar-refractivity contribution is 9.10. The van der Waals surface area contributed by atoms with Gasteiger partial charge in [0.25, 0.3) is 0 Å². The van der Waals surface area contributed by atoms with Gasteiger partial charge in [-0.1, -0.05) is 12.1 Å². The number of ether oxygens (including phenoxy) is 1. The molecule has 2 aliphatic rings. The molecule has 6 nitrogen and oxygen atoms in total. The fraction of sp³-hybridized carbons (Fsp3) is 0.526. The Labute approximate surface area is 161 Å². The standard InChI is InChI=1S/C19H23BrN2O4/c1-13(23)22-12-19(14-4-3-5-15(20)18(14)22)8-10-21(11-9-19)16(24)6-7-17(25)26-2/h3-5H,6-12H2,1-2H3. The third-order valence-corrected chi connectivity index (χ3v) is 6.15. The molecule has 0 aromatic heterocycles. The number of esters is 1. The first-order valence-corrected chi connectivity index (χ1v) is 9.59. The first-order chi connectivity index (χ1) is 12.4. The number of hydrogen-bond donors (Lipinski definition) is 0. The predicted molar refractivity (Wildman–Crippen MR) is 101 cm³/mol. The van der Waals surface area contributed by atoms with Gasteiger partial charge in [-0.25, -0.2) is 0 Å². The van der Waals surface area contributed by atoms with Gasteiger partial charge in [0.1, 0.15) is 0 Å². The number of anilines is 1. The van der Waals surface area contributed by atoms with E-state index in [2.05, 4.69) is 26.7 Å². The van der Waals surface area contributed by atoms with Gasteiger partial charge in [0, 0.05) is 42.9 Å². The van der Waals surface area contributed by atoms with Crippen LogP contribution in [0.2, 0.25) is 0 Å². The summed E-state index contributed by atoms with van der Waals surface area (Å²) in [6.45, 7) is 3.52. The summed E-state index contributed by atoms with van der Waals surface area (Å²) in [4.78, 5) is 39.4. The van der Waals surface area contributed by atoms with Gasteiger partial charge in [-0.15, -0.1) is 0 Å². The van der Waals surface area contributed by atoms with E-state index in [4.69, 9.17) is 0 Å². The number of para-hydroxylation sites is 1. The normalized spacial score (nSPS) is 18.0. The van der Waals surface area contributed by atoms with Gasteiger partial charge < -0.3 is 14.5 Å².